The first-order valence-electron chi connectivity index (χ1n) is 5.70. The Hall–Kier alpha value is -1.35. The van der Waals surface area contributed by atoms with Crippen LogP contribution in [0, 0.1) is 5.41 Å². The maximum atomic E-state index is 11.8. The van der Waals surface area contributed by atoms with Crippen molar-refractivity contribution in [3.05, 3.63) is 29.8 Å². The first-order chi connectivity index (χ1) is 7.84. The van der Waals surface area contributed by atoms with E-state index in [9.17, 15) is 9.90 Å². The molecule has 0 unspecified atom stereocenters. The van der Waals surface area contributed by atoms with Gasteiger partial charge in [-0.1, -0.05) is 32.9 Å². The monoisotopic (exact) mass is 236 g/mol. The Morgan fingerprint density at radius 3 is 2.24 bits per heavy atom. The van der Waals surface area contributed by atoms with E-state index in [1.54, 1.807) is 31.4 Å². The average Bonchev–Trinajstić information content (AvgIpc) is 2.27. The van der Waals surface area contributed by atoms with Crippen molar-refractivity contribution in [1.29, 1.82) is 0 Å². The van der Waals surface area contributed by atoms with E-state index in [-0.39, 0.29) is 12.2 Å². The molecule has 1 rings (SSSR count). The van der Waals surface area contributed by atoms with E-state index in [0.717, 1.165) is 11.3 Å². The minimum Gasteiger partial charge on any atom is -0.497 e. The smallest absolute Gasteiger partial charge is 0.141 e. The molecular weight excluding hydrogens is 216 g/mol. The number of Topliss-reactive ketones (excluding diaryl/α,β-unsaturated/α-hetero) is 1. The number of aliphatic hydroxyl groups is 1. The number of ether oxygens (including phenoxy) is 1. The zero-order valence-corrected chi connectivity index (χ0v) is 10.9. The lowest BCUT2D eigenvalue weighted by atomic mass is 9.86. The Balaban J connectivity index is 2.70. The molecule has 0 amide bonds. The molecule has 17 heavy (non-hydrogen) atoms. The van der Waals surface area contributed by atoms with E-state index in [1.807, 2.05) is 20.8 Å². The minimum absolute atomic E-state index is 0.0563. The molecule has 0 bridgehead atoms. The lowest BCUT2D eigenvalue weighted by molar-refractivity contribution is -0.128. The standard InChI is InChI=1S/C14H20O3/c1-14(2,3)13(16)9-12(15)10-5-7-11(17-4)8-6-10/h5-8,12,15H,9H2,1-4H3/t12-/m1/s1. The topological polar surface area (TPSA) is 46.5 Å². The molecule has 1 aromatic rings. The molecule has 0 saturated carbocycles. The van der Waals surface area contributed by atoms with Gasteiger partial charge < -0.3 is 9.84 Å². The van der Waals surface area contributed by atoms with E-state index in [4.69, 9.17) is 4.74 Å². The SMILES string of the molecule is COc1ccc([C@H](O)CC(=O)C(C)(C)C)cc1. The maximum Gasteiger partial charge on any atom is 0.141 e. The summed E-state index contributed by atoms with van der Waals surface area (Å²) in [5, 5.41) is 9.96. The molecule has 1 atom stereocenters. The van der Waals surface area contributed by atoms with Crippen LogP contribution < -0.4 is 4.74 Å². The second-order valence-corrected chi connectivity index (χ2v) is 5.17. The van der Waals surface area contributed by atoms with Crippen molar-refractivity contribution < 1.29 is 14.6 Å². The van der Waals surface area contributed by atoms with Crippen LogP contribution in [0.2, 0.25) is 0 Å². The van der Waals surface area contributed by atoms with Crippen LogP contribution in [-0.2, 0) is 4.79 Å². The fraction of sp³-hybridized carbons (Fsp3) is 0.500. The molecule has 0 saturated heterocycles. The summed E-state index contributed by atoms with van der Waals surface area (Å²) in [7, 11) is 1.59. The largest absolute Gasteiger partial charge is 0.497 e. The van der Waals surface area contributed by atoms with Gasteiger partial charge in [0.05, 0.1) is 13.2 Å². The summed E-state index contributed by atoms with van der Waals surface area (Å²) in [5.74, 6) is 0.795. The Morgan fingerprint density at radius 1 is 1.29 bits per heavy atom. The number of rotatable bonds is 4. The highest BCUT2D eigenvalue weighted by atomic mass is 16.5. The summed E-state index contributed by atoms with van der Waals surface area (Å²) >= 11 is 0. The second-order valence-electron chi connectivity index (χ2n) is 5.17. The van der Waals surface area contributed by atoms with Crippen LogP contribution in [0.4, 0.5) is 0 Å². The molecule has 3 heteroatoms. The van der Waals surface area contributed by atoms with Crippen molar-refractivity contribution >= 4 is 5.78 Å². The van der Waals surface area contributed by atoms with E-state index in [2.05, 4.69) is 0 Å². The summed E-state index contributed by atoms with van der Waals surface area (Å²) in [5.41, 5.74) is 0.330. The van der Waals surface area contributed by atoms with Crippen LogP contribution in [0.5, 0.6) is 5.75 Å². The Labute approximate surface area is 102 Å². The van der Waals surface area contributed by atoms with Gasteiger partial charge in [-0.2, -0.15) is 0 Å². The molecule has 0 radical (unpaired) electrons. The number of benzene rings is 1. The summed E-state index contributed by atoms with van der Waals surface area (Å²) in [6.07, 6.45) is -0.594. The summed E-state index contributed by atoms with van der Waals surface area (Å²) in [4.78, 5) is 11.8. The zero-order valence-electron chi connectivity index (χ0n) is 10.9. The third-order valence-corrected chi connectivity index (χ3v) is 2.72. The summed E-state index contributed by atoms with van der Waals surface area (Å²) in [6.45, 7) is 5.57. The van der Waals surface area contributed by atoms with Gasteiger partial charge in [0.2, 0.25) is 0 Å². The van der Waals surface area contributed by atoms with Gasteiger partial charge in [0.25, 0.3) is 0 Å². The highest BCUT2D eigenvalue weighted by Gasteiger charge is 2.24. The second kappa shape index (κ2) is 5.32. The molecule has 3 nitrogen and oxygen atoms in total. The maximum absolute atomic E-state index is 11.8. The first-order valence-corrected chi connectivity index (χ1v) is 5.70. The van der Waals surface area contributed by atoms with Crippen molar-refractivity contribution in [2.75, 3.05) is 7.11 Å². The number of carbonyl (C=O) groups is 1. The first kappa shape index (κ1) is 13.7. The third-order valence-electron chi connectivity index (χ3n) is 2.72. The number of carbonyl (C=O) groups excluding carboxylic acids is 1. The van der Waals surface area contributed by atoms with Crippen LogP contribution >= 0.6 is 0 Å². The number of methoxy groups -OCH3 is 1. The highest BCUT2D eigenvalue weighted by Crippen LogP contribution is 2.25. The Kier molecular flexibility index (Phi) is 4.29. The predicted molar refractivity (Wildman–Crippen MR) is 67.0 cm³/mol. The zero-order chi connectivity index (χ0) is 13.1. The van der Waals surface area contributed by atoms with Crippen LogP contribution in [0.25, 0.3) is 0 Å². The Bertz CT molecular complexity index is 373. The van der Waals surface area contributed by atoms with Gasteiger partial charge in [0, 0.05) is 11.8 Å². The molecule has 94 valence electrons. The van der Waals surface area contributed by atoms with Gasteiger partial charge in [-0.15, -0.1) is 0 Å². The van der Waals surface area contributed by atoms with E-state index < -0.39 is 11.5 Å². The van der Waals surface area contributed by atoms with Crippen molar-refractivity contribution in [3.8, 4) is 5.75 Å². The van der Waals surface area contributed by atoms with Crippen molar-refractivity contribution in [2.45, 2.75) is 33.3 Å². The minimum atomic E-state index is -0.743. The number of hydrogen-bond acceptors (Lipinski definition) is 3. The van der Waals surface area contributed by atoms with Crippen molar-refractivity contribution in [2.24, 2.45) is 5.41 Å². The van der Waals surface area contributed by atoms with Gasteiger partial charge in [-0.3, -0.25) is 4.79 Å². The molecule has 0 heterocycles. The molecule has 0 spiro atoms. The average molecular weight is 236 g/mol. The molecule has 0 aliphatic rings. The van der Waals surface area contributed by atoms with Crippen LogP contribution in [0.15, 0.2) is 24.3 Å². The molecule has 0 fully saturated rings. The van der Waals surface area contributed by atoms with Crippen LogP contribution in [0.1, 0.15) is 38.9 Å². The van der Waals surface area contributed by atoms with Crippen LogP contribution in [0.3, 0.4) is 0 Å². The number of ketones is 1. The van der Waals surface area contributed by atoms with Crippen molar-refractivity contribution in [1.82, 2.24) is 0 Å². The fourth-order valence-corrected chi connectivity index (χ4v) is 1.43. The van der Waals surface area contributed by atoms with Gasteiger partial charge in [0.15, 0.2) is 0 Å². The van der Waals surface area contributed by atoms with Crippen molar-refractivity contribution in [3.63, 3.8) is 0 Å². The quantitative estimate of drug-likeness (QED) is 0.874. The third kappa shape index (κ3) is 3.86. The molecule has 0 aliphatic heterocycles. The number of hydrogen-bond donors (Lipinski definition) is 1. The van der Waals surface area contributed by atoms with E-state index >= 15 is 0 Å². The summed E-state index contributed by atoms with van der Waals surface area (Å²) in [6, 6.07) is 7.11. The summed E-state index contributed by atoms with van der Waals surface area (Å²) < 4.78 is 5.04. The van der Waals surface area contributed by atoms with Gasteiger partial charge >= 0.3 is 0 Å². The normalized spacial score (nSPS) is 13.2. The molecule has 1 N–H and O–H groups in total. The van der Waals surface area contributed by atoms with Gasteiger partial charge in [-0.05, 0) is 17.7 Å². The van der Waals surface area contributed by atoms with Gasteiger partial charge in [-0.25, -0.2) is 0 Å². The lowest BCUT2D eigenvalue weighted by Gasteiger charge is -2.19. The highest BCUT2D eigenvalue weighted by molar-refractivity contribution is 5.84. The Morgan fingerprint density at radius 2 is 1.82 bits per heavy atom. The van der Waals surface area contributed by atoms with E-state index in [0.29, 0.717) is 0 Å². The van der Waals surface area contributed by atoms with E-state index in [1.165, 1.54) is 0 Å². The number of aliphatic hydroxyl groups excluding tert-OH is 1. The molecular formula is C14H20O3. The molecule has 0 aromatic heterocycles. The predicted octanol–water partition coefficient (Wildman–Crippen LogP) is 2.73. The van der Waals surface area contributed by atoms with Crippen LogP contribution in [-0.4, -0.2) is 18.0 Å². The molecule has 1 aromatic carbocycles. The molecule has 0 aliphatic carbocycles. The lowest BCUT2D eigenvalue weighted by Crippen LogP contribution is -2.22. The van der Waals surface area contributed by atoms with Gasteiger partial charge in [0.1, 0.15) is 11.5 Å². The fourth-order valence-electron chi connectivity index (χ4n) is 1.43.